The monoisotopic (exact) mass is 1450 g/mol. The summed E-state index contributed by atoms with van der Waals surface area (Å²) in [7, 11) is -9.91. The van der Waals surface area contributed by atoms with E-state index in [4.69, 9.17) is 37.0 Å². The Balaban J connectivity index is 5.17. The van der Waals surface area contributed by atoms with Crippen molar-refractivity contribution in [2.45, 2.75) is 439 Å². The summed E-state index contributed by atoms with van der Waals surface area (Å²) < 4.78 is 68.6. The summed E-state index contributed by atoms with van der Waals surface area (Å²) in [6, 6.07) is 0. The smallest absolute Gasteiger partial charge is 0.462 e. The van der Waals surface area contributed by atoms with Crippen LogP contribution in [0.25, 0.3) is 0 Å². The highest BCUT2D eigenvalue weighted by Gasteiger charge is 2.30. The zero-order valence-electron chi connectivity index (χ0n) is 64.8. The number of aliphatic hydroxyl groups excluding tert-OH is 1. The average Bonchev–Trinajstić information content (AvgIpc) is 0.971. The van der Waals surface area contributed by atoms with Crippen molar-refractivity contribution in [2.24, 2.45) is 11.8 Å². The molecule has 17 nitrogen and oxygen atoms in total. The average molecular weight is 1450 g/mol. The van der Waals surface area contributed by atoms with Gasteiger partial charge in [-0.3, -0.25) is 37.3 Å². The van der Waals surface area contributed by atoms with Crippen LogP contribution in [0.15, 0.2) is 0 Å². The lowest BCUT2D eigenvalue weighted by Crippen LogP contribution is -2.30. The molecule has 0 saturated carbocycles. The number of rotatable bonds is 79. The maximum Gasteiger partial charge on any atom is 0.472 e. The second kappa shape index (κ2) is 71.7. The largest absolute Gasteiger partial charge is 0.472 e. The van der Waals surface area contributed by atoms with E-state index in [1.807, 2.05) is 0 Å². The molecule has 0 aliphatic heterocycles. The van der Waals surface area contributed by atoms with E-state index in [1.54, 1.807) is 0 Å². The lowest BCUT2D eigenvalue weighted by molar-refractivity contribution is -0.161. The van der Waals surface area contributed by atoms with Gasteiger partial charge in [-0.05, 0) is 37.5 Å². The molecule has 588 valence electrons. The number of phosphoric ester groups is 2. The number of carbonyl (C=O) groups excluding carboxylic acids is 4. The maximum atomic E-state index is 13.1. The number of unbranched alkanes of at least 4 members (excludes halogenated alkanes) is 49. The lowest BCUT2D eigenvalue weighted by Gasteiger charge is -2.21. The molecule has 3 N–H and O–H groups in total. The van der Waals surface area contributed by atoms with E-state index < -0.39 is 97.5 Å². The molecule has 2 unspecified atom stereocenters. The Morgan fingerprint density at radius 3 is 0.687 bits per heavy atom. The Bertz CT molecular complexity index is 1910. The van der Waals surface area contributed by atoms with Gasteiger partial charge < -0.3 is 33.8 Å². The maximum absolute atomic E-state index is 13.1. The van der Waals surface area contributed by atoms with Gasteiger partial charge in [0.05, 0.1) is 26.4 Å². The van der Waals surface area contributed by atoms with Gasteiger partial charge in [0, 0.05) is 25.7 Å². The van der Waals surface area contributed by atoms with E-state index in [9.17, 15) is 43.2 Å². The second-order valence-corrected chi connectivity index (χ2v) is 32.7. The fourth-order valence-electron chi connectivity index (χ4n) is 12.4. The predicted molar refractivity (Wildman–Crippen MR) is 405 cm³/mol. The number of aliphatic hydroxyl groups is 1. The van der Waals surface area contributed by atoms with Crippen molar-refractivity contribution in [1.29, 1.82) is 0 Å². The Morgan fingerprint density at radius 2 is 0.465 bits per heavy atom. The van der Waals surface area contributed by atoms with Gasteiger partial charge in [-0.2, -0.15) is 0 Å². The first-order valence-electron chi connectivity index (χ1n) is 41.5. The molecule has 0 rings (SSSR count). The summed E-state index contributed by atoms with van der Waals surface area (Å²) in [5.41, 5.74) is 0. The van der Waals surface area contributed by atoms with Gasteiger partial charge in [-0.1, -0.05) is 369 Å². The molecule has 0 aromatic rings. The quantitative estimate of drug-likeness (QED) is 0.0222. The molecule has 0 fully saturated rings. The summed E-state index contributed by atoms with van der Waals surface area (Å²) in [5.74, 6) is -0.629. The van der Waals surface area contributed by atoms with Crippen molar-refractivity contribution in [3.05, 3.63) is 0 Å². The SMILES string of the molecule is CCCCCCCCCCCCCCCCCCCCCCCCC(=O)O[C@H](COC(=O)CCCCCCCCCCCCCCCCCC(C)C)COP(=O)(O)OC[C@@H](O)COP(=O)(O)OC[C@@H](COC(=O)CCCCCCCCC(C)C)OC(=O)CCCCCCCCCCCC. The number of ether oxygens (including phenoxy) is 4. The summed E-state index contributed by atoms with van der Waals surface area (Å²) in [5, 5.41) is 10.6. The molecule has 0 saturated heterocycles. The Kier molecular flexibility index (Phi) is 70.3. The molecule has 0 aromatic carbocycles. The van der Waals surface area contributed by atoms with Crippen LogP contribution in [0.1, 0.15) is 420 Å². The summed E-state index contributed by atoms with van der Waals surface area (Å²) in [6.07, 6.45) is 61.4. The summed E-state index contributed by atoms with van der Waals surface area (Å²) >= 11 is 0. The van der Waals surface area contributed by atoms with Crippen molar-refractivity contribution in [2.75, 3.05) is 39.6 Å². The van der Waals surface area contributed by atoms with Gasteiger partial charge >= 0.3 is 39.5 Å². The molecule has 99 heavy (non-hydrogen) atoms. The second-order valence-electron chi connectivity index (χ2n) is 29.8. The highest BCUT2D eigenvalue weighted by atomic mass is 31.2. The normalized spacial score (nSPS) is 13.9. The minimum atomic E-state index is -4.96. The molecule has 0 radical (unpaired) electrons. The standard InChI is InChI=1S/C80H156O17P2/c1-7-9-11-13-15-17-19-20-21-22-23-24-25-26-27-30-34-37-41-45-53-59-65-80(85)96-75(68-90-77(82)62-56-50-43-40-36-33-31-28-29-32-35-38-42-48-54-60-72(3)4)70-94-98(86,87)92-66-74(81)67-93-99(88,89)95-71-76(69-91-78(83)63-57-51-47-46-49-55-61-73(5)6)97-79(84)64-58-52-44-39-18-16-14-12-10-8-2/h72-76,81H,7-71H2,1-6H3,(H,86,87)(H,88,89)/t74-,75-,76-/m1/s1. The lowest BCUT2D eigenvalue weighted by atomic mass is 10.0. The fraction of sp³-hybridized carbons (Fsp3) is 0.950. The van der Waals surface area contributed by atoms with Crippen LogP contribution in [0.2, 0.25) is 0 Å². The Labute approximate surface area is 607 Å². The third-order valence-electron chi connectivity index (χ3n) is 18.7. The van der Waals surface area contributed by atoms with Crippen LogP contribution >= 0.6 is 15.6 Å². The first-order chi connectivity index (χ1) is 47.9. The van der Waals surface area contributed by atoms with Crippen molar-refractivity contribution in [3.8, 4) is 0 Å². The Hall–Kier alpha value is -1.94. The molecule has 0 spiro atoms. The van der Waals surface area contributed by atoms with E-state index in [1.165, 1.54) is 231 Å². The van der Waals surface area contributed by atoms with Crippen LogP contribution < -0.4 is 0 Å². The highest BCUT2D eigenvalue weighted by Crippen LogP contribution is 2.45. The van der Waals surface area contributed by atoms with E-state index in [-0.39, 0.29) is 25.7 Å². The Morgan fingerprint density at radius 1 is 0.273 bits per heavy atom. The minimum absolute atomic E-state index is 0.106. The van der Waals surface area contributed by atoms with Crippen LogP contribution in [0, 0.1) is 11.8 Å². The van der Waals surface area contributed by atoms with Gasteiger partial charge in [0.25, 0.3) is 0 Å². The fourth-order valence-corrected chi connectivity index (χ4v) is 13.9. The zero-order chi connectivity index (χ0) is 72.8. The molecular formula is C80H156O17P2. The van der Waals surface area contributed by atoms with E-state index in [0.717, 1.165) is 102 Å². The van der Waals surface area contributed by atoms with Crippen molar-refractivity contribution >= 4 is 39.5 Å². The third kappa shape index (κ3) is 74.1. The van der Waals surface area contributed by atoms with Gasteiger partial charge in [0.1, 0.15) is 19.3 Å². The number of hydrogen-bond acceptors (Lipinski definition) is 15. The molecule has 0 heterocycles. The van der Waals surface area contributed by atoms with Crippen molar-refractivity contribution in [3.63, 3.8) is 0 Å². The van der Waals surface area contributed by atoms with Crippen molar-refractivity contribution in [1.82, 2.24) is 0 Å². The van der Waals surface area contributed by atoms with E-state index >= 15 is 0 Å². The van der Waals surface area contributed by atoms with E-state index in [2.05, 4.69) is 41.5 Å². The van der Waals surface area contributed by atoms with E-state index in [0.29, 0.717) is 31.6 Å². The first-order valence-corrected chi connectivity index (χ1v) is 44.5. The van der Waals surface area contributed by atoms with Crippen LogP contribution in [0.4, 0.5) is 0 Å². The third-order valence-corrected chi connectivity index (χ3v) is 20.6. The predicted octanol–water partition coefficient (Wildman–Crippen LogP) is 23.9. The molecule has 0 bridgehead atoms. The summed E-state index contributed by atoms with van der Waals surface area (Å²) in [4.78, 5) is 72.8. The van der Waals surface area contributed by atoms with Crippen LogP contribution in [-0.2, 0) is 65.4 Å². The van der Waals surface area contributed by atoms with Gasteiger partial charge in [0.15, 0.2) is 12.2 Å². The topological polar surface area (TPSA) is 237 Å². The first kappa shape index (κ1) is 97.1. The van der Waals surface area contributed by atoms with Gasteiger partial charge in [-0.25, -0.2) is 9.13 Å². The van der Waals surface area contributed by atoms with Crippen molar-refractivity contribution < 1.29 is 80.2 Å². The minimum Gasteiger partial charge on any atom is -0.462 e. The molecule has 0 aromatic heterocycles. The van der Waals surface area contributed by atoms with Crippen LogP contribution in [0.3, 0.4) is 0 Å². The number of phosphoric acid groups is 2. The number of hydrogen-bond donors (Lipinski definition) is 3. The van der Waals surface area contributed by atoms with Crippen LogP contribution in [-0.4, -0.2) is 96.7 Å². The number of esters is 4. The molecular weight excluding hydrogens is 1290 g/mol. The zero-order valence-corrected chi connectivity index (χ0v) is 66.6. The molecule has 0 aliphatic rings. The summed E-state index contributed by atoms with van der Waals surface area (Å²) in [6.45, 7) is 9.55. The molecule has 19 heteroatoms. The van der Waals surface area contributed by atoms with Gasteiger partial charge in [-0.15, -0.1) is 0 Å². The molecule has 0 aliphatic carbocycles. The van der Waals surface area contributed by atoms with Crippen LogP contribution in [0.5, 0.6) is 0 Å². The van der Waals surface area contributed by atoms with Gasteiger partial charge in [0.2, 0.25) is 0 Å². The number of carbonyl (C=O) groups is 4. The highest BCUT2D eigenvalue weighted by molar-refractivity contribution is 7.47. The molecule has 0 amide bonds. The molecule has 5 atom stereocenters.